The number of nitrogens with one attached hydrogen (secondary N) is 2. The van der Waals surface area contributed by atoms with E-state index in [1.807, 2.05) is 26.8 Å². The third-order valence-corrected chi connectivity index (χ3v) is 3.73. The molecule has 126 valence electrons. The van der Waals surface area contributed by atoms with Crippen LogP contribution < -0.4 is 5.32 Å². The molecule has 1 atom stereocenters. The number of carbonyl (C=O) groups excluding carboxylic acids is 1. The van der Waals surface area contributed by atoms with Gasteiger partial charge < -0.3 is 9.73 Å². The van der Waals surface area contributed by atoms with Gasteiger partial charge in [0.1, 0.15) is 11.9 Å². The topological polar surface area (TPSA) is 102 Å². The van der Waals surface area contributed by atoms with Gasteiger partial charge in [-0.05, 0) is 39.0 Å². The average molecular weight is 328 g/mol. The zero-order valence-electron chi connectivity index (χ0n) is 13.9. The molecule has 0 unspecified atom stereocenters. The summed E-state index contributed by atoms with van der Waals surface area (Å²) in [5.41, 5.74) is 1.87. The first-order valence-electron chi connectivity index (χ1n) is 7.80. The van der Waals surface area contributed by atoms with Gasteiger partial charge in [-0.2, -0.15) is 10.2 Å². The van der Waals surface area contributed by atoms with Crippen molar-refractivity contribution in [2.24, 2.45) is 0 Å². The van der Waals surface area contributed by atoms with Crippen molar-refractivity contribution in [1.29, 1.82) is 0 Å². The van der Waals surface area contributed by atoms with E-state index in [4.69, 9.17) is 4.42 Å². The monoisotopic (exact) mass is 328 g/mol. The molecule has 24 heavy (non-hydrogen) atoms. The quantitative estimate of drug-likeness (QED) is 0.718. The van der Waals surface area contributed by atoms with E-state index in [1.165, 1.54) is 0 Å². The number of carbonyl (C=O) groups is 1. The van der Waals surface area contributed by atoms with Gasteiger partial charge in [-0.15, -0.1) is 0 Å². The van der Waals surface area contributed by atoms with E-state index in [1.54, 1.807) is 23.1 Å². The molecule has 0 spiro atoms. The van der Waals surface area contributed by atoms with Crippen molar-refractivity contribution in [2.75, 3.05) is 6.54 Å². The van der Waals surface area contributed by atoms with E-state index in [9.17, 15) is 4.79 Å². The van der Waals surface area contributed by atoms with Gasteiger partial charge in [-0.3, -0.25) is 14.6 Å². The summed E-state index contributed by atoms with van der Waals surface area (Å²) in [5, 5.41) is 14.2. The van der Waals surface area contributed by atoms with Crippen molar-refractivity contribution in [3.05, 3.63) is 41.7 Å². The first-order valence-corrected chi connectivity index (χ1v) is 7.80. The predicted octanol–water partition coefficient (Wildman–Crippen LogP) is 1.80. The molecule has 0 fully saturated rings. The summed E-state index contributed by atoms with van der Waals surface area (Å²) in [6, 6.07) is 5.18. The van der Waals surface area contributed by atoms with Crippen molar-refractivity contribution in [3.63, 3.8) is 0 Å². The molecule has 0 saturated heterocycles. The molecular formula is C16H20N6O2. The molecule has 2 N–H and O–H groups in total. The lowest BCUT2D eigenvalue weighted by molar-refractivity contribution is -0.124. The molecule has 3 aromatic rings. The minimum Gasteiger partial charge on any atom is -0.461 e. The van der Waals surface area contributed by atoms with E-state index in [0.717, 1.165) is 11.4 Å². The van der Waals surface area contributed by atoms with Crippen LogP contribution in [0, 0.1) is 13.8 Å². The Hall–Kier alpha value is -2.90. The molecule has 0 aliphatic carbocycles. The van der Waals surface area contributed by atoms with Gasteiger partial charge in [0.25, 0.3) is 0 Å². The molecule has 0 saturated carbocycles. The molecule has 8 heteroatoms. The number of hydrogen-bond donors (Lipinski definition) is 2. The number of H-pyrrole nitrogens is 1. The molecule has 3 heterocycles. The van der Waals surface area contributed by atoms with Crippen LogP contribution in [0.4, 0.5) is 0 Å². The summed E-state index contributed by atoms with van der Waals surface area (Å²) in [4.78, 5) is 16.6. The number of hydrogen-bond acceptors (Lipinski definition) is 5. The number of nitrogens with zero attached hydrogens (tertiary/aromatic N) is 4. The number of rotatable bonds is 6. The van der Waals surface area contributed by atoms with Gasteiger partial charge >= 0.3 is 0 Å². The lowest BCUT2D eigenvalue weighted by Crippen LogP contribution is -2.33. The Labute approximate surface area is 139 Å². The maximum absolute atomic E-state index is 12.3. The van der Waals surface area contributed by atoms with Crippen LogP contribution in [0.2, 0.25) is 0 Å². The summed E-state index contributed by atoms with van der Waals surface area (Å²) in [6.07, 6.45) is 2.13. The van der Waals surface area contributed by atoms with E-state index in [-0.39, 0.29) is 11.9 Å². The van der Waals surface area contributed by atoms with Crippen LogP contribution in [0.5, 0.6) is 0 Å². The van der Waals surface area contributed by atoms with Crippen LogP contribution in [0.15, 0.2) is 28.9 Å². The summed E-state index contributed by atoms with van der Waals surface area (Å²) < 4.78 is 6.98. The van der Waals surface area contributed by atoms with Crippen LogP contribution in [-0.4, -0.2) is 37.4 Å². The molecule has 0 radical (unpaired) electrons. The van der Waals surface area contributed by atoms with E-state index < -0.39 is 0 Å². The molecule has 0 aliphatic heterocycles. The number of aromatic amines is 1. The highest BCUT2D eigenvalue weighted by molar-refractivity contribution is 5.79. The zero-order valence-corrected chi connectivity index (χ0v) is 13.9. The van der Waals surface area contributed by atoms with Crippen LogP contribution >= 0.6 is 0 Å². The van der Waals surface area contributed by atoms with Gasteiger partial charge in [0, 0.05) is 18.7 Å². The van der Waals surface area contributed by atoms with Crippen molar-refractivity contribution < 1.29 is 9.21 Å². The Morgan fingerprint density at radius 3 is 2.96 bits per heavy atom. The fourth-order valence-electron chi connectivity index (χ4n) is 2.52. The molecule has 3 aromatic heterocycles. The van der Waals surface area contributed by atoms with Gasteiger partial charge in [-0.1, -0.05) is 0 Å². The highest BCUT2D eigenvalue weighted by atomic mass is 16.3. The molecule has 0 aromatic carbocycles. The second-order valence-electron chi connectivity index (χ2n) is 5.67. The highest BCUT2D eigenvalue weighted by Gasteiger charge is 2.17. The zero-order chi connectivity index (χ0) is 17.1. The van der Waals surface area contributed by atoms with Crippen LogP contribution in [-0.2, 0) is 11.2 Å². The minimum atomic E-state index is -0.355. The third-order valence-electron chi connectivity index (χ3n) is 3.73. The van der Waals surface area contributed by atoms with Crippen LogP contribution in [0.1, 0.15) is 30.2 Å². The Balaban J connectivity index is 1.53. The Morgan fingerprint density at radius 1 is 1.46 bits per heavy atom. The average Bonchev–Trinajstić information content (AvgIpc) is 3.27. The normalized spacial score (nSPS) is 12.3. The third kappa shape index (κ3) is 3.37. The fourth-order valence-corrected chi connectivity index (χ4v) is 2.52. The van der Waals surface area contributed by atoms with Gasteiger partial charge in [-0.25, -0.2) is 4.98 Å². The van der Waals surface area contributed by atoms with Crippen molar-refractivity contribution in [1.82, 2.24) is 30.3 Å². The summed E-state index contributed by atoms with van der Waals surface area (Å²) in [7, 11) is 0. The molecule has 8 nitrogen and oxygen atoms in total. The van der Waals surface area contributed by atoms with Crippen molar-refractivity contribution in [3.8, 4) is 11.6 Å². The minimum absolute atomic E-state index is 0.0769. The Bertz CT molecular complexity index is 818. The lowest BCUT2D eigenvalue weighted by atomic mass is 10.3. The number of aryl methyl sites for hydroxylation is 2. The highest BCUT2D eigenvalue weighted by Crippen LogP contribution is 2.14. The number of furan rings is 1. The smallest absolute Gasteiger partial charge is 0.244 e. The number of aromatic nitrogens is 5. The van der Waals surface area contributed by atoms with Gasteiger partial charge in [0.15, 0.2) is 5.76 Å². The molecule has 0 aliphatic rings. The van der Waals surface area contributed by atoms with Crippen molar-refractivity contribution >= 4 is 5.91 Å². The Kier molecular flexibility index (Phi) is 4.45. The summed E-state index contributed by atoms with van der Waals surface area (Å²) in [6.45, 7) is 6.15. The maximum atomic E-state index is 12.3. The van der Waals surface area contributed by atoms with Crippen LogP contribution in [0.25, 0.3) is 11.6 Å². The van der Waals surface area contributed by atoms with Crippen LogP contribution in [0.3, 0.4) is 0 Å². The molecule has 3 rings (SSSR count). The lowest BCUT2D eigenvalue weighted by Gasteiger charge is -2.14. The summed E-state index contributed by atoms with van der Waals surface area (Å²) in [5.74, 6) is 1.74. The Morgan fingerprint density at radius 2 is 2.29 bits per heavy atom. The van der Waals surface area contributed by atoms with E-state index >= 15 is 0 Å². The van der Waals surface area contributed by atoms with Gasteiger partial charge in [0.2, 0.25) is 11.7 Å². The SMILES string of the molecule is Cc1cc(C)n([C@H](C)C(=O)NCCc2nc(-c3ccco3)n[nH]2)n1. The second kappa shape index (κ2) is 6.69. The van der Waals surface area contributed by atoms with E-state index in [0.29, 0.717) is 30.4 Å². The predicted molar refractivity (Wildman–Crippen MR) is 87.2 cm³/mol. The summed E-state index contributed by atoms with van der Waals surface area (Å²) >= 11 is 0. The van der Waals surface area contributed by atoms with Gasteiger partial charge in [0.05, 0.1) is 12.0 Å². The second-order valence-corrected chi connectivity index (χ2v) is 5.67. The largest absolute Gasteiger partial charge is 0.461 e. The standard InChI is InChI=1S/C16H20N6O2/c1-10-9-11(2)22(21-10)12(3)16(23)17-7-6-14-18-15(20-19-14)13-5-4-8-24-13/h4-5,8-9,12H,6-7H2,1-3H3,(H,17,23)(H,18,19,20)/t12-/m1/s1. The first kappa shape index (κ1) is 16.0. The van der Waals surface area contributed by atoms with Crippen molar-refractivity contribution in [2.45, 2.75) is 33.2 Å². The molecule has 0 bridgehead atoms. The fraction of sp³-hybridized carbons (Fsp3) is 0.375. The number of amides is 1. The van der Waals surface area contributed by atoms with E-state index in [2.05, 4.69) is 25.6 Å². The first-order chi connectivity index (χ1) is 11.5. The molecular weight excluding hydrogens is 308 g/mol. The molecule has 1 amide bonds. The maximum Gasteiger partial charge on any atom is 0.244 e.